The molecule has 0 radical (unpaired) electrons. The maximum absolute atomic E-state index is 12.5. The minimum atomic E-state index is -0.334. The Balaban J connectivity index is 1.79. The summed E-state index contributed by atoms with van der Waals surface area (Å²) in [6.07, 6.45) is 1.68. The van der Waals surface area contributed by atoms with Gasteiger partial charge < -0.3 is 14.2 Å². The van der Waals surface area contributed by atoms with Crippen LogP contribution in [0.15, 0.2) is 48.2 Å². The third kappa shape index (κ3) is 3.77. The van der Waals surface area contributed by atoms with Crippen molar-refractivity contribution in [3.05, 3.63) is 59.4 Å². The van der Waals surface area contributed by atoms with Crippen molar-refractivity contribution in [1.29, 1.82) is 0 Å². The Bertz CT molecular complexity index is 862. The second kappa shape index (κ2) is 7.44. The highest BCUT2D eigenvalue weighted by molar-refractivity contribution is 6.14. The largest absolute Gasteiger partial charge is 0.494 e. The van der Waals surface area contributed by atoms with E-state index in [0.717, 1.165) is 11.3 Å². The molecule has 0 saturated heterocycles. The van der Waals surface area contributed by atoms with Gasteiger partial charge in [-0.05, 0) is 42.8 Å². The topological polar surface area (TPSA) is 61.8 Å². The van der Waals surface area contributed by atoms with E-state index >= 15 is 0 Å². The number of esters is 1. The van der Waals surface area contributed by atoms with Gasteiger partial charge in [0.05, 0.1) is 18.1 Å². The van der Waals surface area contributed by atoms with Crippen LogP contribution in [0.3, 0.4) is 0 Å². The quantitative estimate of drug-likeness (QED) is 0.457. The van der Waals surface area contributed by atoms with Gasteiger partial charge in [-0.2, -0.15) is 0 Å². The number of ether oxygens (including phenoxy) is 3. The lowest BCUT2D eigenvalue weighted by molar-refractivity contribution is -0.137. The van der Waals surface area contributed by atoms with Crippen LogP contribution in [0.4, 0.5) is 0 Å². The van der Waals surface area contributed by atoms with Crippen molar-refractivity contribution in [2.75, 3.05) is 6.61 Å². The molecule has 5 nitrogen and oxygen atoms in total. The third-order valence-corrected chi connectivity index (χ3v) is 3.82. The van der Waals surface area contributed by atoms with Crippen LogP contribution in [-0.2, 0) is 4.79 Å². The van der Waals surface area contributed by atoms with Crippen LogP contribution in [0.5, 0.6) is 17.2 Å². The van der Waals surface area contributed by atoms with Crippen molar-refractivity contribution in [2.24, 2.45) is 5.92 Å². The number of fused-ring (bicyclic) bond motifs is 1. The van der Waals surface area contributed by atoms with Crippen molar-refractivity contribution in [3.63, 3.8) is 0 Å². The Kier molecular flexibility index (Phi) is 5.07. The van der Waals surface area contributed by atoms with E-state index in [1.807, 2.05) is 31.2 Å². The Morgan fingerprint density at radius 3 is 2.46 bits per heavy atom. The fourth-order valence-corrected chi connectivity index (χ4v) is 2.44. The summed E-state index contributed by atoms with van der Waals surface area (Å²) in [4.78, 5) is 24.2. The van der Waals surface area contributed by atoms with Gasteiger partial charge in [-0.3, -0.25) is 9.59 Å². The number of carbonyl (C=O) groups is 2. The summed E-state index contributed by atoms with van der Waals surface area (Å²) in [6, 6.07) is 12.2. The number of allylic oxidation sites excluding steroid dienone is 1. The lowest BCUT2D eigenvalue weighted by Gasteiger charge is -2.07. The second-order valence-electron chi connectivity index (χ2n) is 6.18. The van der Waals surface area contributed by atoms with Gasteiger partial charge in [-0.25, -0.2) is 0 Å². The van der Waals surface area contributed by atoms with E-state index in [0.29, 0.717) is 23.7 Å². The summed E-state index contributed by atoms with van der Waals surface area (Å²) < 4.78 is 16.3. The van der Waals surface area contributed by atoms with Gasteiger partial charge in [0.15, 0.2) is 5.76 Å². The molecule has 0 saturated carbocycles. The van der Waals surface area contributed by atoms with Crippen molar-refractivity contribution >= 4 is 17.8 Å². The van der Waals surface area contributed by atoms with Gasteiger partial charge in [-0.15, -0.1) is 0 Å². The molecular weight excluding hydrogens is 332 g/mol. The first-order valence-corrected chi connectivity index (χ1v) is 8.50. The molecule has 0 fully saturated rings. The number of hydrogen-bond donors (Lipinski definition) is 0. The summed E-state index contributed by atoms with van der Waals surface area (Å²) in [5, 5.41) is 0. The number of rotatable bonds is 5. The Labute approximate surface area is 152 Å². The van der Waals surface area contributed by atoms with Crippen LogP contribution in [0.2, 0.25) is 0 Å². The molecule has 0 aromatic heterocycles. The molecule has 134 valence electrons. The van der Waals surface area contributed by atoms with Crippen LogP contribution >= 0.6 is 0 Å². The summed E-state index contributed by atoms with van der Waals surface area (Å²) in [5.74, 6) is 0.986. The molecule has 2 aromatic rings. The first-order valence-electron chi connectivity index (χ1n) is 8.50. The average molecular weight is 352 g/mol. The van der Waals surface area contributed by atoms with Crippen molar-refractivity contribution in [2.45, 2.75) is 20.8 Å². The van der Waals surface area contributed by atoms with Gasteiger partial charge >= 0.3 is 5.97 Å². The van der Waals surface area contributed by atoms with Gasteiger partial charge in [-0.1, -0.05) is 26.0 Å². The molecular formula is C21H20O5. The molecule has 1 aliphatic heterocycles. The molecule has 2 aromatic carbocycles. The van der Waals surface area contributed by atoms with E-state index < -0.39 is 0 Å². The first-order chi connectivity index (χ1) is 12.5. The predicted molar refractivity (Wildman–Crippen MR) is 97.5 cm³/mol. The van der Waals surface area contributed by atoms with Crippen LogP contribution < -0.4 is 14.2 Å². The third-order valence-electron chi connectivity index (χ3n) is 3.82. The maximum Gasteiger partial charge on any atom is 0.313 e. The summed E-state index contributed by atoms with van der Waals surface area (Å²) in [5.41, 5.74) is 1.28. The minimum Gasteiger partial charge on any atom is -0.494 e. The van der Waals surface area contributed by atoms with Crippen molar-refractivity contribution in [3.8, 4) is 17.2 Å². The van der Waals surface area contributed by atoms with E-state index in [4.69, 9.17) is 14.2 Å². The standard InChI is InChI=1S/C21H20O5/c1-4-24-15-7-5-14(6-8-15)11-19-20(22)17-10-9-16(12-18(17)26-19)25-21(23)13(2)3/h5-13H,4H2,1-3H3/b19-11-. The lowest BCUT2D eigenvalue weighted by atomic mass is 10.1. The van der Waals surface area contributed by atoms with E-state index in [2.05, 4.69) is 0 Å². The molecule has 3 rings (SSSR count). The van der Waals surface area contributed by atoms with E-state index in [-0.39, 0.29) is 23.4 Å². The van der Waals surface area contributed by atoms with Gasteiger partial charge in [0.2, 0.25) is 5.78 Å². The number of benzene rings is 2. The van der Waals surface area contributed by atoms with Crippen molar-refractivity contribution < 1.29 is 23.8 Å². The molecule has 5 heteroatoms. The van der Waals surface area contributed by atoms with Crippen LogP contribution in [0, 0.1) is 5.92 Å². The number of ketones is 1. The molecule has 0 amide bonds. The smallest absolute Gasteiger partial charge is 0.313 e. The van der Waals surface area contributed by atoms with Gasteiger partial charge in [0, 0.05) is 6.07 Å². The molecule has 1 aliphatic rings. The van der Waals surface area contributed by atoms with E-state index in [1.165, 1.54) is 0 Å². The SMILES string of the molecule is CCOc1ccc(/C=C2\Oc3cc(OC(=O)C(C)C)ccc3C2=O)cc1. The number of carbonyl (C=O) groups excluding carboxylic acids is 2. The Hall–Kier alpha value is -3.08. The number of Topliss-reactive ketones (excluding diaryl/α,β-unsaturated/α-hetero) is 1. The molecule has 26 heavy (non-hydrogen) atoms. The zero-order valence-corrected chi connectivity index (χ0v) is 14.9. The zero-order chi connectivity index (χ0) is 18.7. The minimum absolute atomic E-state index is 0.198. The Morgan fingerprint density at radius 2 is 1.81 bits per heavy atom. The first kappa shape index (κ1) is 17.7. The molecule has 0 atom stereocenters. The number of hydrogen-bond acceptors (Lipinski definition) is 5. The molecule has 0 bridgehead atoms. The fourth-order valence-electron chi connectivity index (χ4n) is 2.44. The van der Waals surface area contributed by atoms with Crippen LogP contribution in [-0.4, -0.2) is 18.4 Å². The molecule has 0 N–H and O–H groups in total. The zero-order valence-electron chi connectivity index (χ0n) is 14.9. The van der Waals surface area contributed by atoms with Crippen molar-refractivity contribution in [1.82, 2.24) is 0 Å². The summed E-state index contributed by atoms with van der Waals surface area (Å²) >= 11 is 0. The van der Waals surface area contributed by atoms with E-state index in [9.17, 15) is 9.59 Å². The Morgan fingerprint density at radius 1 is 1.12 bits per heavy atom. The highest BCUT2D eigenvalue weighted by atomic mass is 16.5. The molecule has 1 heterocycles. The molecule has 0 aliphatic carbocycles. The van der Waals surface area contributed by atoms with Gasteiger partial charge in [0.25, 0.3) is 0 Å². The summed E-state index contributed by atoms with van der Waals surface area (Å²) in [7, 11) is 0. The second-order valence-corrected chi connectivity index (χ2v) is 6.18. The fraction of sp³-hybridized carbons (Fsp3) is 0.238. The monoisotopic (exact) mass is 352 g/mol. The highest BCUT2D eigenvalue weighted by Gasteiger charge is 2.28. The van der Waals surface area contributed by atoms with Crippen LogP contribution in [0.25, 0.3) is 6.08 Å². The molecule has 0 unspecified atom stereocenters. The highest BCUT2D eigenvalue weighted by Crippen LogP contribution is 2.35. The normalized spacial score (nSPS) is 14.3. The van der Waals surface area contributed by atoms with E-state index in [1.54, 1.807) is 38.1 Å². The maximum atomic E-state index is 12.5. The summed E-state index contributed by atoms with van der Waals surface area (Å²) in [6.45, 7) is 6.03. The lowest BCUT2D eigenvalue weighted by Crippen LogP contribution is -2.14. The average Bonchev–Trinajstić information content (AvgIpc) is 2.92. The molecule has 0 spiro atoms. The van der Waals surface area contributed by atoms with Crippen LogP contribution in [0.1, 0.15) is 36.7 Å². The van der Waals surface area contributed by atoms with Gasteiger partial charge in [0.1, 0.15) is 17.2 Å². The predicted octanol–water partition coefficient (Wildman–Crippen LogP) is 4.26.